The quantitative estimate of drug-likeness (QED) is 0.135. The third-order valence-electron chi connectivity index (χ3n) is 4.48. The van der Waals surface area contributed by atoms with Crippen LogP contribution < -0.4 is 10.8 Å². The monoisotopic (exact) mass is 538 g/mol. The van der Waals surface area contributed by atoms with E-state index >= 15 is 0 Å². The van der Waals surface area contributed by atoms with E-state index in [-0.39, 0.29) is 11.5 Å². The summed E-state index contributed by atoms with van der Waals surface area (Å²) in [6, 6.07) is 11.2. The van der Waals surface area contributed by atoms with Crippen molar-refractivity contribution < 1.29 is 29.4 Å². The molecule has 0 unspecified atom stereocenters. The number of rotatable bonds is 7. The second-order valence-corrected chi connectivity index (χ2v) is 8.62. The highest BCUT2D eigenvalue weighted by Gasteiger charge is 2.34. The van der Waals surface area contributed by atoms with Crippen molar-refractivity contribution in [1.29, 1.82) is 0 Å². The van der Waals surface area contributed by atoms with Gasteiger partial charge in [0.25, 0.3) is 5.91 Å². The van der Waals surface area contributed by atoms with Crippen molar-refractivity contribution in [3.05, 3.63) is 69.3 Å². The standard InChI is InChI=1S/C22H23IN2O6/c1-13(26)14-4-7-16(8-5-14)24-21(29)31-20(17-12-15(23)6-9-18(17)27)22(2,3)11-10-19(28)25-30/h4-12,20,27,30H,1-3H3,(H,24,29)(H,25,28)/b11-10+/t20-/m0/s1. The van der Waals surface area contributed by atoms with Gasteiger partial charge in [-0.2, -0.15) is 0 Å². The molecular formula is C22H23IN2O6. The van der Waals surface area contributed by atoms with E-state index in [2.05, 4.69) is 27.9 Å². The average molecular weight is 538 g/mol. The van der Waals surface area contributed by atoms with E-state index in [0.717, 1.165) is 9.65 Å². The number of carbonyl (C=O) groups excluding carboxylic acids is 3. The molecule has 2 amide bonds. The van der Waals surface area contributed by atoms with Crippen LogP contribution in [0.1, 0.15) is 42.8 Å². The number of halogens is 1. The summed E-state index contributed by atoms with van der Waals surface area (Å²) in [6.45, 7) is 4.88. The van der Waals surface area contributed by atoms with E-state index in [1.54, 1.807) is 50.2 Å². The number of Topliss-reactive ketones (excluding diaryl/α,β-unsaturated/α-hetero) is 1. The fraction of sp³-hybridized carbons (Fsp3) is 0.227. The van der Waals surface area contributed by atoms with E-state index in [0.29, 0.717) is 16.8 Å². The van der Waals surface area contributed by atoms with Crippen molar-refractivity contribution in [1.82, 2.24) is 5.48 Å². The maximum Gasteiger partial charge on any atom is 0.412 e. The highest BCUT2D eigenvalue weighted by molar-refractivity contribution is 14.1. The summed E-state index contributed by atoms with van der Waals surface area (Å²) in [7, 11) is 0. The fourth-order valence-corrected chi connectivity index (χ4v) is 3.32. The number of carbonyl (C=O) groups is 3. The minimum atomic E-state index is -0.971. The lowest BCUT2D eigenvalue weighted by Gasteiger charge is -2.32. The number of phenolic OH excluding ortho intramolecular Hbond substituents is 1. The van der Waals surface area contributed by atoms with Gasteiger partial charge in [0.1, 0.15) is 11.9 Å². The van der Waals surface area contributed by atoms with Crippen molar-refractivity contribution >= 4 is 46.1 Å². The molecule has 0 aliphatic carbocycles. The molecule has 0 fully saturated rings. The molecule has 0 saturated carbocycles. The van der Waals surface area contributed by atoms with Gasteiger partial charge in [0.15, 0.2) is 5.78 Å². The zero-order valence-corrected chi connectivity index (χ0v) is 19.3. The van der Waals surface area contributed by atoms with Gasteiger partial charge in [-0.15, -0.1) is 0 Å². The van der Waals surface area contributed by atoms with Gasteiger partial charge < -0.3 is 9.84 Å². The van der Waals surface area contributed by atoms with Gasteiger partial charge in [-0.25, -0.2) is 10.3 Å². The first-order chi connectivity index (χ1) is 14.5. The summed E-state index contributed by atoms with van der Waals surface area (Å²) in [5.74, 6) is -0.908. The van der Waals surface area contributed by atoms with Gasteiger partial charge in [0.05, 0.1) is 0 Å². The predicted octanol–water partition coefficient (Wildman–Crippen LogP) is 4.58. The summed E-state index contributed by atoms with van der Waals surface area (Å²) >= 11 is 2.07. The van der Waals surface area contributed by atoms with E-state index in [4.69, 9.17) is 9.94 Å². The Kier molecular flexibility index (Phi) is 8.17. The van der Waals surface area contributed by atoms with Crippen molar-refractivity contribution in [2.75, 3.05) is 5.32 Å². The predicted molar refractivity (Wildman–Crippen MR) is 123 cm³/mol. The van der Waals surface area contributed by atoms with Crippen molar-refractivity contribution in [2.24, 2.45) is 5.41 Å². The number of hydrogen-bond acceptors (Lipinski definition) is 6. The highest BCUT2D eigenvalue weighted by atomic mass is 127. The Balaban J connectivity index is 2.32. The van der Waals surface area contributed by atoms with E-state index in [1.807, 2.05) is 0 Å². The largest absolute Gasteiger partial charge is 0.508 e. The third kappa shape index (κ3) is 6.79. The number of hydroxylamine groups is 1. The van der Waals surface area contributed by atoms with Crippen LogP contribution in [0.2, 0.25) is 0 Å². The smallest absolute Gasteiger partial charge is 0.412 e. The molecule has 0 bridgehead atoms. The lowest BCUT2D eigenvalue weighted by Crippen LogP contribution is -2.28. The first-order valence-corrected chi connectivity index (χ1v) is 10.3. The molecule has 4 N–H and O–H groups in total. The Morgan fingerprint density at radius 3 is 2.35 bits per heavy atom. The molecule has 0 saturated heterocycles. The van der Waals surface area contributed by atoms with Crippen LogP contribution in [0, 0.1) is 8.99 Å². The fourth-order valence-electron chi connectivity index (χ4n) is 2.81. The van der Waals surface area contributed by atoms with Gasteiger partial charge >= 0.3 is 6.09 Å². The van der Waals surface area contributed by atoms with Gasteiger partial charge in [-0.3, -0.25) is 20.1 Å². The van der Waals surface area contributed by atoms with Crippen molar-refractivity contribution in [3.8, 4) is 5.75 Å². The Labute approximate surface area is 193 Å². The summed E-state index contributed by atoms with van der Waals surface area (Å²) in [5, 5.41) is 21.7. The van der Waals surface area contributed by atoms with Crippen LogP contribution in [0.3, 0.4) is 0 Å². The molecule has 0 heterocycles. The summed E-state index contributed by atoms with van der Waals surface area (Å²) in [5.41, 5.74) is 1.85. The third-order valence-corrected chi connectivity index (χ3v) is 5.16. The number of phenols is 1. The van der Waals surface area contributed by atoms with Crippen LogP contribution in [0.4, 0.5) is 10.5 Å². The minimum Gasteiger partial charge on any atom is -0.508 e. The Bertz CT molecular complexity index is 1000. The van der Waals surface area contributed by atoms with Gasteiger partial charge in [0, 0.05) is 31.9 Å². The second-order valence-electron chi connectivity index (χ2n) is 7.38. The Morgan fingerprint density at radius 2 is 1.77 bits per heavy atom. The molecule has 0 aromatic heterocycles. The Hall–Kier alpha value is -2.92. The topological polar surface area (TPSA) is 125 Å². The van der Waals surface area contributed by atoms with Crippen molar-refractivity contribution in [3.63, 3.8) is 0 Å². The molecule has 0 aliphatic rings. The summed E-state index contributed by atoms with van der Waals surface area (Å²) < 4.78 is 6.47. The first-order valence-electron chi connectivity index (χ1n) is 9.24. The van der Waals surface area contributed by atoms with E-state index < -0.39 is 23.5 Å². The summed E-state index contributed by atoms with van der Waals surface area (Å²) in [6.07, 6.45) is 0.824. The molecule has 8 nitrogen and oxygen atoms in total. The molecule has 1 atom stereocenters. The molecule has 2 aromatic carbocycles. The van der Waals surface area contributed by atoms with Crippen molar-refractivity contribution in [2.45, 2.75) is 26.9 Å². The van der Waals surface area contributed by atoms with E-state index in [9.17, 15) is 19.5 Å². The molecule has 164 valence electrons. The SMILES string of the molecule is CC(=O)c1ccc(NC(=O)O[C@@H](c2cc(I)ccc2O)C(C)(C)/C=C/C(=O)NO)cc1. The van der Waals surface area contributed by atoms with Gasteiger partial charge in [-0.1, -0.05) is 19.9 Å². The van der Waals surface area contributed by atoms with E-state index in [1.165, 1.54) is 24.5 Å². The highest BCUT2D eigenvalue weighted by Crippen LogP contribution is 2.42. The van der Waals surface area contributed by atoms with Crippen LogP contribution in [0.5, 0.6) is 5.75 Å². The maximum atomic E-state index is 12.6. The minimum absolute atomic E-state index is 0.0721. The number of benzene rings is 2. The van der Waals surface area contributed by atoms with Crippen LogP contribution in [-0.2, 0) is 9.53 Å². The number of nitrogens with one attached hydrogen (secondary N) is 2. The average Bonchev–Trinajstić information content (AvgIpc) is 2.72. The zero-order chi connectivity index (χ0) is 23.2. The van der Waals surface area contributed by atoms with Crippen LogP contribution in [0.25, 0.3) is 0 Å². The maximum absolute atomic E-state index is 12.6. The number of aromatic hydroxyl groups is 1. The van der Waals surface area contributed by atoms with Crippen LogP contribution in [0.15, 0.2) is 54.6 Å². The lowest BCUT2D eigenvalue weighted by atomic mass is 9.81. The molecule has 2 rings (SSSR count). The lowest BCUT2D eigenvalue weighted by molar-refractivity contribution is -0.124. The Morgan fingerprint density at radius 1 is 1.13 bits per heavy atom. The number of hydrogen-bond donors (Lipinski definition) is 4. The normalized spacial score (nSPS) is 12.3. The molecule has 31 heavy (non-hydrogen) atoms. The van der Waals surface area contributed by atoms with Crippen LogP contribution in [-0.4, -0.2) is 28.1 Å². The number of ether oxygens (including phenoxy) is 1. The van der Waals surface area contributed by atoms with Gasteiger partial charge in [-0.05, 0) is 72.0 Å². The van der Waals surface area contributed by atoms with Crippen LogP contribution >= 0.6 is 22.6 Å². The molecule has 2 aromatic rings. The molecule has 0 aliphatic heterocycles. The molecule has 9 heteroatoms. The number of amides is 2. The number of ketones is 1. The number of anilines is 1. The molecular weight excluding hydrogens is 515 g/mol. The second kappa shape index (κ2) is 10.4. The van der Waals surface area contributed by atoms with Gasteiger partial charge in [0.2, 0.25) is 0 Å². The molecule has 0 spiro atoms. The molecule has 0 radical (unpaired) electrons. The zero-order valence-electron chi connectivity index (χ0n) is 17.2. The first kappa shape index (κ1) is 24.4. The summed E-state index contributed by atoms with van der Waals surface area (Å²) in [4.78, 5) is 35.5.